The van der Waals surface area contributed by atoms with Gasteiger partial charge in [0.05, 0.1) is 104 Å². The third kappa shape index (κ3) is 12.1. The van der Waals surface area contributed by atoms with Gasteiger partial charge in [-0.15, -0.1) is 0 Å². The Morgan fingerprint density at radius 2 is 0.322 bits per heavy atom. The Morgan fingerprint density at radius 3 is 0.686 bits per heavy atom. The molecule has 24 aromatic carbocycles. The fraction of sp³-hybridized carbons (Fsp3) is 0. The number of rotatable bonds is 8. The summed E-state index contributed by atoms with van der Waals surface area (Å²) in [5.74, 6) is 0. The van der Waals surface area contributed by atoms with Crippen LogP contribution >= 0.6 is 0 Å². The zero-order valence-electron chi connectivity index (χ0n) is 135. The molecule has 0 radical (unpaired) electrons. The molecule has 0 N–H and O–H groups in total. The Balaban J connectivity index is 0.000000156. The number of fused-ring (bicyclic) bond motifs is 15. The van der Waals surface area contributed by atoms with Crippen molar-refractivity contribution in [3.05, 3.63) is 459 Å². The second kappa shape index (κ2) is 29.6. The molecular weight excluding hydrogens is 1420 g/mol. The van der Waals surface area contributed by atoms with Gasteiger partial charge in [-0.3, -0.25) is 0 Å². The second-order valence-corrected chi connectivity index (χ2v) is 25.2. The average molecular weight is 1570 g/mol. The molecule has 0 spiro atoms. The van der Waals surface area contributed by atoms with E-state index in [2.05, 4.69) is 0 Å². The molecule has 118 heavy (non-hydrogen) atoms. The van der Waals surface area contributed by atoms with E-state index >= 15 is 0 Å². The summed E-state index contributed by atoms with van der Waals surface area (Å²) >= 11 is 0. The molecule has 0 heteroatoms. The van der Waals surface area contributed by atoms with Gasteiger partial charge in [-0.1, -0.05) is 429 Å². The van der Waals surface area contributed by atoms with E-state index in [0.717, 1.165) is 0 Å². The van der Waals surface area contributed by atoms with Crippen molar-refractivity contribution in [3.63, 3.8) is 0 Å². The lowest BCUT2D eigenvalue weighted by Crippen LogP contribution is -1.92. The average Bonchev–Trinajstić information content (AvgIpc) is 0.672. The van der Waals surface area contributed by atoms with Crippen molar-refractivity contribution in [2.24, 2.45) is 0 Å². The molecule has 0 saturated carbocycles. The second-order valence-electron chi connectivity index (χ2n) is 25.2. The zero-order chi connectivity index (χ0) is 144. The summed E-state index contributed by atoms with van der Waals surface area (Å²) in [5.41, 5.74) is -12.1. The van der Waals surface area contributed by atoms with Gasteiger partial charge in [-0.05, 0) is 259 Å². The van der Waals surface area contributed by atoms with Crippen LogP contribution in [0.5, 0.6) is 0 Å². The Kier molecular flexibility index (Phi) is 6.67. The van der Waals surface area contributed by atoms with E-state index in [4.69, 9.17) is 68.5 Å². The summed E-state index contributed by atoms with van der Waals surface area (Å²) in [4.78, 5) is 0. The minimum atomic E-state index is -1.12. The van der Waals surface area contributed by atoms with Crippen LogP contribution in [0.3, 0.4) is 0 Å². The van der Waals surface area contributed by atoms with E-state index in [1.807, 2.05) is 0 Å². The van der Waals surface area contributed by atoms with Gasteiger partial charge in [-0.25, -0.2) is 0 Å². The molecule has 0 heterocycles. The van der Waals surface area contributed by atoms with Crippen LogP contribution in [0.15, 0.2) is 459 Å². The highest BCUT2D eigenvalue weighted by Gasteiger charge is 2.23. The molecule has 0 saturated heterocycles. The monoisotopic (exact) mass is 1570 g/mol. The van der Waals surface area contributed by atoms with Crippen LogP contribution in [0.4, 0.5) is 0 Å². The molecule has 0 aromatic heterocycles. The van der Waals surface area contributed by atoms with Crippen molar-refractivity contribution >= 4 is 140 Å². The van der Waals surface area contributed by atoms with Gasteiger partial charge >= 0.3 is 0 Å². The van der Waals surface area contributed by atoms with Gasteiger partial charge in [0, 0.05) is 0 Å². The Bertz CT molecular complexity index is 12700. The Labute approximate surface area is 792 Å². The summed E-state index contributed by atoms with van der Waals surface area (Å²) in [6, 6.07) is -70.0. The van der Waals surface area contributed by atoms with Crippen molar-refractivity contribution in [2.75, 3.05) is 0 Å². The van der Waals surface area contributed by atoms with Crippen molar-refractivity contribution in [3.8, 4) is 89.0 Å². The van der Waals surface area contributed by atoms with E-state index in [9.17, 15) is 35.6 Å². The number of hydrogen-bond acceptors (Lipinski definition) is 0. The molecule has 548 valence electrons. The van der Waals surface area contributed by atoms with Gasteiger partial charge in [0.1, 0.15) is 0 Å². The van der Waals surface area contributed by atoms with Crippen LogP contribution in [0, 0.1) is 0 Å². The van der Waals surface area contributed by atoms with Gasteiger partial charge in [-0.2, -0.15) is 0 Å². The predicted octanol–water partition coefficient (Wildman–Crippen LogP) is 33.4. The van der Waals surface area contributed by atoms with Gasteiger partial charge in [0.15, 0.2) is 0 Å². The van der Waals surface area contributed by atoms with Crippen LogP contribution in [-0.2, 0) is 0 Å². The third-order valence-corrected chi connectivity index (χ3v) is 18.9. The lowest BCUT2D eigenvalue weighted by Gasteiger charge is -2.20. The molecule has 0 fully saturated rings. The highest BCUT2D eigenvalue weighted by atomic mass is 14.3. The van der Waals surface area contributed by atoms with E-state index in [1.165, 1.54) is 0 Å². The minimum Gasteiger partial charge on any atom is -0.0622 e. The summed E-state index contributed by atoms with van der Waals surface area (Å²) < 4.78 is 675. The Morgan fingerprint density at radius 1 is 0.102 bits per heavy atom. The molecule has 24 rings (SSSR count). The molecular formula is C118H76. The zero-order valence-corrected chi connectivity index (χ0v) is 59.0. The van der Waals surface area contributed by atoms with E-state index in [-0.39, 0.29) is 0 Å². The van der Waals surface area contributed by atoms with Gasteiger partial charge in [0.25, 0.3) is 0 Å². The predicted molar refractivity (Wildman–Crippen MR) is 510 cm³/mol. The molecule has 0 atom stereocenters. The summed E-state index contributed by atoms with van der Waals surface area (Å²) in [6.45, 7) is 0. The molecule has 0 aliphatic heterocycles. The maximum atomic E-state index is 9.69. The van der Waals surface area contributed by atoms with Crippen LogP contribution in [0.1, 0.15) is 104 Å². The standard InChI is InChI=1S/C44H28.C38H24.C36H24/c1-2-12-32-27-34(26-21-29(32)11-1)44-40-19-9-7-17-38(40)43(39-18-8-10-20-41(39)44)31-24-22-30(23-25-31)42-28-33-13-3-4-14-35(33)36-15-5-6-16-37(36)42;1-2-12-26-23-28(22-21-25(26)11-1)37-32-17-7-9-19-34(32)38(35-20-10-8-18-33(35)37)36-24-27-13-3-4-14-29(27)30-15-5-6-16-31(30)36;1-2-13-26(14-3-1)29-16-6-7-17-30(29)36-33-20-10-8-18-31(33)35(32-19-9-11-21-34(32)36)28-23-22-25-12-4-5-15-27(25)24-28/h1-28H;1-24H;1-24H/i1D,2D,3D,4D,5D,6D,7D,8D,9D,10D,11D,12D,13D,14D,15D,16D,17D,18D,19D,20D,21D,22D,23D,24D,25D,26D,27D,28D;2*1D,2D,3D,4D,5D,6D,7D,8D,9D,10D,11D,12D,13D,14D,15D,16D,17D,18D,19D,20D,21D,22D,23D,24D. The smallest absolute Gasteiger partial charge is 0.0622 e. The number of benzene rings is 24. The van der Waals surface area contributed by atoms with Crippen LogP contribution in [0.2, 0.25) is 0 Å². The normalized spacial score (nSPS) is 20.6. The molecule has 0 unspecified atom stereocenters. The summed E-state index contributed by atoms with van der Waals surface area (Å²) in [5, 5.41) is -16.8. The third-order valence-electron chi connectivity index (χ3n) is 18.9. The lowest BCUT2D eigenvalue weighted by atomic mass is 9.83. The van der Waals surface area contributed by atoms with Crippen molar-refractivity contribution in [2.45, 2.75) is 0 Å². The van der Waals surface area contributed by atoms with Crippen LogP contribution < -0.4 is 0 Å². The minimum absolute atomic E-state index is 0.512. The van der Waals surface area contributed by atoms with Crippen molar-refractivity contribution in [1.82, 2.24) is 0 Å². The maximum absolute atomic E-state index is 9.69. The lowest BCUT2D eigenvalue weighted by molar-refractivity contribution is 1.61. The van der Waals surface area contributed by atoms with E-state index in [1.54, 1.807) is 0 Å². The van der Waals surface area contributed by atoms with Crippen molar-refractivity contribution in [1.29, 1.82) is 0 Å². The molecule has 0 nitrogen and oxygen atoms in total. The molecule has 24 aromatic rings. The van der Waals surface area contributed by atoms with E-state index < -0.39 is 688 Å². The number of hydrogen-bond donors (Lipinski definition) is 0. The van der Waals surface area contributed by atoms with Crippen LogP contribution in [0.25, 0.3) is 229 Å². The van der Waals surface area contributed by atoms with Crippen LogP contribution in [-0.4, -0.2) is 0 Å². The fourth-order valence-electron chi connectivity index (χ4n) is 14.0. The van der Waals surface area contributed by atoms with Gasteiger partial charge in [0.2, 0.25) is 0 Å². The molecule has 0 aliphatic rings. The summed E-state index contributed by atoms with van der Waals surface area (Å²) in [6.07, 6.45) is 0. The van der Waals surface area contributed by atoms with E-state index in [0.29, 0.717) is 0 Å². The Hall–Kier alpha value is -15.3. The largest absolute Gasteiger partial charge is 0.0636 e. The molecule has 0 bridgehead atoms. The topological polar surface area (TPSA) is 0 Å². The first kappa shape index (κ1) is 26.6. The highest BCUT2D eigenvalue weighted by Crippen LogP contribution is 2.51. The first-order valence-electron chi connectivity index (χ1n) is 72.8. The highest BCUT2D eigenvalue weighted by molar-refractivity contribution is 6.28. The molecule has 0 amide bonds. The molecule has 0 aliphatic carbocycles. The summed E-state index contributed by atoms with van der Waals surface area (Å²) in [7, 11) is 0. The first-order valence-corrected chi connectivity index (χ1v) is 34.8. The first-order chi connectivity index (χ1) is 90.2. The fourth-order valence-corrected chi connectivity index (χ4v) is 14.0. The van der Waals surface area contributed by atoms with Gasteiger partial charge < -0.3 is 0 Å². The maximum Gasteiger partial charge on any atom is 0.0636 e. The quantitative estimate of drug-likeness (QED) is 0.105. The SMILES string of the molecule is [2H]c1c([2H])c(-c2c([2H])c3c([2H])c([2H])c([2H])c([2H])c3c3c([2H])c([2H])c([2H])c([2H])c23)c([2H])c([2H])c1-c1c2c([2H])c([2H])c([2H])c([2H])c2c(-c2c([2H])c([2H])c3c([2H])c([2H])c([2H])c([2H])c3c2[2H])c2c([2H])c([2H])c([2H])c([2H])c12.[2H]c1c([2H])c([2H])c(-c2c([2H])c([2H])c([2H])c([2H])c2-c2c3c([2H])c([2H])c([2H])c([2H])c3c(-c3c([2H])c([2H])c4c([2H])c([2H])c([2H])c([2H])c4c3[2H])c3c([2H])c([2H])c([2H])c([2H])c23)c([2H])c1[2H].[2H]c1c([2H])c([2H])c2c([2H])c(-c3c4c([2H])c([2H])c([2H])c([2H])c4c(-c4c([2H])c5c([2H])c([2H])c([2H])c([2H])c5c5c([2H])c([2H])c([2H])c([2H])c45)c4c([2H])c([2H])c([2H])c([2H])c34)c([2H])c([2H])c2c1[2H]. The van der Waals surface area contributed by atoms with Crippen molar-refractivity contribution < 1.29 is 104 Å².